The van der Waals surface area contributed by atoms with Gasteiger partial charge in [0.25, 0.3) is 0 Å². The van der Waals surface area contributed by atoms with E-state index in [1.807, 2.05) is 37.9 Å². The van der Waals surface area contributed by atoms with Crippen LogP contribution in [0.25, 0.3) is 0 Å². The fourth-order valence-corrected chi connectivity index (χ4v) is 1.30. The van der Waals surface area contributed by atoms with Crippen LogP contribution in [-0.2, 0) is 13.5 Å². The third-order valence-corrected chi connectivity index (χ3v) is 2.46. The molecule has 1 rings (SSSR count). The quantitative estimate of drug-likeness (QED) is 0.689. The fraction of sp³-hybridized carbons (Fsp3) is 0.583. The van der Waals surface area contributed by atoms with Crippen LogP contribution < -0.4 is 9.88 Å². The molecule has 0 unspecified atom stereocenters. The number of aromatic nitrogens is 1. The smallest absolute Gasteiger partial charge is 0.168 e. The maximum Gasteiger partial charge on any atom is 0.168 e. The Bertz CT molecular complexity index is 293. The van der Waals surface area contributed by atoms with Gasteiger partial charge in [-0.05, 0) is 32.4 Å². The van der Waals surface area contributed by atoms with Gasteiger partial charge in [-0.3, -0.25) is 0 Å². The van der Waals surface area contributed by atoms with Crippen LogP contribution >= 0.6 is 0 Å². The summed E-state index contributed by atoms with van der Waals surface area (Å²) in [4.78, 5) is 0. The number of aliphatic hydroxyl groups is 1. The first kappa shape index (κ1) is 12.1. The zero-order valence-corrected chi connectivity index (χ0v) is 9.83. The molecule has 15 heavy (non-hydrogen) atoms. The van der Waals surface area contributed by atoms with Gasteiger partial charge in [0.05, 0.1) is 6.61 Å². The minimum Gasteiger partial charge on any atom is -0.394 e. The van der Waals surface area contributed by atoms with Crippen molar-refractivity contribution in [3.63, 3.8) is 0 Å². The number of hydrogen-bond donors (Lipinski definition) is 2. The van der Waals surface area contributed by atoms with Gasteiger partial charge < -0.3 is 10.4 Å². The van der Waals surface area contributed by atoms with Crippen molar-refractivity contribution < 1.29 is 9.67 Å². The molecule has 0 saturated carbocycles. The van der Waals surface area contributed by atoms with E-state index in [2.05, 4.69) is 17.4 Å². The Morgan fingerprint density at radius 3 is 2.47 bits per heavy atom. The zero-order valence-electron chi connectivity index (χ0n) is 9.83. The van der Waals surface area contributed by atoms with Crippen LogP contribution in [0, 0.1) is 0 Å². The van der Waals surface area contributed by atoms with Gasteiger partial charge in [0.2, 0.25) is 0 Å². The Labute approximate surface area is 91.8 Å². The standard InChI is InChI=1S/C12H21N2O/c1-12(2,10-15)13-7-4-11-5-8-14(3)9-6-11/h5-6,8-9,13,15H,4,7,10H2,1-3H3/q+1. The van der Waals surface area contributed by atoms with Gasteiger partial charge in [-0.25, -0.2) is 4.57 Å². The number of nitrogens with zero attached hydrogens (tertiary/aromatic N) is 1. The highest BCUT2D eigenvalue weighted by molar-refractivity contribution is 5.07. The molecule has 1 aromatic rings. The summed E-state index contributed by atoms with van der Waals surface area (Å²) in [5.41, 5.74) is 1.13. The largest absolute Gasteiger partial charge is 0.394 e. The van der Waals surface area contributed by atoms with Gasteiger partial charge >= 0.3 is 0 Å². The molecule has 3 nitrogen and oxygen atoms in total. The SMILES string of the molecule is C[n+]1ccc(CCNC(C)(C)CO)cc1. The molecule has 0 aliphatic rings. The van der Waals surface area contributed by atoms with Crippen molar-refractivity contribution in [2.45, 2.75) is 25.8 Å². The van der Waals surface area contributed by atoms with E-state index < -0.39 is 0 Å². The van der Waals surface area contributed by atoms with Gasteiger partial charge in [0.1, 0.15) is 7.05 Å². The Morgan fingerprint density at radius 1 is 1.33 bits per heavy atom. The molecule has 1 heterocycles. The number of hydrogen-bond acceptors (Lipinski definition) is 2. The second kappa shape index (κ2) is 5.24. The average molecular weight is 209 g/mol. The van der Waals surface area contributed by atoms with Crippen LogP contribution in [0.4, 0.5) is 0 Å². The zero-order chi connectivity index (χ0) is 11.3. The van der Waals surface area contributed by atoms with Crippen LogP contribution in [0.3, 0.4) is 0 Å². The molecule has 0 aliphatic heterocycles. The molecule has 2 N–H and O–H groups in total. The molecule has 0 aromatic carbocycles. The maximum absolute atomic E-state index is 9.06. The van der Waals surface area contributed by atoms with E-state index in [1.54, 1.807) is 0 Å². The van der Waals surface area contributed by atoms with Crippen molar-refractivity contribution in [1.29, 1.82) is 0 Å². The highest BCUT2D eigenvalue weighted by Gasteiger charge is 2.14. The van der Waals surface area contributed by atoms with Crippen molar-refractivity contribution in [1.82, 2.24) is 5.32 Å². The van der Waals surface area contributed by atoms with E-state index in [0.29, 0.717) is 0 Å². The molecule has 84 valence electrons. The van der Waals surface area contributed by atoms with Crippen molar-refractivity contribution in [2.24, 2.45) is 7.05 Å². The van der Waals surface area contributed by atoms with E-state index in [4.69, 9.17) is 5.11 Å². The van der Waals surface area contributed by atoms with E-state index in [9.17, 15) is 0 Å². The number of rotatable bonds is 5. The molecule has 3 heteroatoms. The topological polar surface area (TPSA) is 36.1 Å². The Morgan fingerprint density at radius 2 is 1.93 bits per heavy atom. The number of nitrogens with one attached hydrogen (secondary N) is 1. The van der Waals surface area contributed by atoms with Crippen LogP contribution in [0.5, 0.6) is 0 Å². The minimum atomic E-state index is -0.181. The minimum absolute atomic E-state index is 0.163. The molecule has 0 aliphatic carbocycles. The Hall–Kier alpha value is -0.930. The van der Waals surface area contributed by atoms with E-state index in [-0.39, 0.29) is 12.1 Å². The third-order valence-electron chi connectivity index (χ3n) is 2.46. The number of aliphatic hydroxyl groups excluding tert-OH is 1. The first-order chi connectivity index (χ1) is 7.03. The lowest BCUT2D eigenvalue weighted by molar-refractivity contribution is -0.671. The lowest BCUT2D eigenvalue weighted by Gasteiger charge is -2.23. The average Bonchev–Trinajstić information content (AvgIpc) is 2.21. The molecule has 0 bridgehead atoms. The molecule has 0 spiro atoms. The summed E-state index contributed by atoms with van der Waals surface area (Å²) in [7, 11) is 2.01. The van der Waals surface area contributed by atoms with Crippen LogP contribution in [0.2, 0.25) is 0 Å². The van der Waals surface area contributed by atoms with Crippen molar-refractivity contribution >= 4 is 0 Å². The highest BCUT2D eigenvalue weighted by atomic mass is 16.3. The summed E-state index contributed by atoms with van der Waals surface area (Å²) in [5, 5.41) is 12.4. The van der Waals surface area contributed by atoms with Gasteiger partial charge in [0.15, 0.2) is 12.4 Å². The summed E-state index contributed by atoms with van der Waals surface area (Å²) < 4.78 is 2.02. The van der Waals surface area contributed by atoms with Crippen LogP contribution in [0.15, 0.2) is 24.5 Å². The van der Waals surface area contributed by atoms with Gasteiger partial charge in [0, 0.05) is 17.7 Å². The second-order valence-electron chi connectivity index (χ2n) is 4.59. The molecular formula is C12H21N2O+. The number of aryl methyl sites for hydroxylation is 1. The van der Waals surface area contributed by atoms with Crippen molar-refractivity contribution in [3.8, 4) is 0 Å². The maximum atomic E-state index is 9.06. The molecule has 0 radical (unpaired) electrons. The Balaban J connectivity index is 2.35. The van der Waals surface area contributed by atoms with E-state index in [1.165, 1.54) is 5.56 Å². The summed E-state index contributed by atoms with van der Waals surface area (Å²) in [6.07, 6.45) is 5.09. The first-order valence-electron chi connectivity index (χ1n) is 5.33. The van der Waals surface area contributed by atoms with Crippen LogP contribution in [0.1, 0.15) is 19.4 Å². The molecule has 1 aromatic heterocycles. The molecular weight excluding hydrogens is 188 g/mol. The van der Waals surface area contributed by atoms with Gasteiger partial charge in [-0.1, -0.05) is 0 Å². The third kappa shape index (κ3) is 4.40. The molecule has 0 atom stereocenters. The predicted molar refractivity (Wildman–Crippen MR) is 60.5 cm³/mol. The predicted octanol–water partition coefficient (Wildman–Crippen LogP) is 0.414. The number of pyridine rings is 1. The normalized spacial score (nSPS) is 11.7. The van der Waals surface area contributed by atoms with Crippen molar-refractivity contribution in [3.05, 3.63) is 30.1 Å². The van der Waals surface area contributed by atoms with E-state index >= 15 is 0 Å². The van der Waals surface area contributed by atoms with E-state index in [0.717, 1.165) is 13.0 Å². The van der Waals surface area contributed by atoms with Crippen LogP contribution in [-0.4, -0.2) is 23.8 Å². The highest BCUT2D eigenvalue weighted by Crippen LogP contribution is 2.01. The molecule has 0 saturated heterocycles. The lowest BCUT2D eigenvalue weighted by atomic mass is 10.1. The molecule has 0 amide bonds. The summed E-state index contributed by atoms with van der Waals surface area (Å²) in [6, 6.07) is 4.24. The van der Waals surface area contributed by atoms with Gasteiger partial charge in [-0.15, -0.1) is 0 Å². The fourth-order valence-electron chi connectivity index (χ4n) is 1.30. The summed E-state index contributed by atoms with van der Waals surface area (Å²) >= 11 is 0. The Kier molecular flexibility index (Phi) is 4.24. The first-order valence-corrected chi connectivity index (χ1v) is 5.33. The van der Waals surface area contributed by atoms with Gasteiger partial charge in [-0.2, -0.15) is 0 Å². The van der Waals surface area contributed by atoms with Crippen molar-refractivity contribution in [2.75, 3.05) is 13.2 Å². The second-order valence-corrected chi connectivity index (χ2v) is 4.59. The molecule has 0 fully saturated rings. The summed E-state index contributed by atoms with van der Waals surface area (Å²) in [5.74, 6) is 0. The lowest BCUT2D eigenvalue weighted by Crippen LogP contribution is -2.43. The monoisotopic (exact) mass is 209 g/mol. The summed E-state index contributed by atoms with van der Waals surface area (Å²) in [6.45, 7) is 5.05.